The fraction of sp³-hybridized carbons (Fsp3) is 0.500. The number of nitrogens with zero attached hydrogens (tertiary/aromatic N) is 4. The van der Waals surface area contributed by atoms with Gasteiger partial charge >= 0.3 is 5.56 Å². The number of benzene rings is 1. The molecule has 2 fully saturated rings. The van der Waals surface area contributed by atoms with Crippen molar-refractivity contribution in [2.45, 2.75) is 6.42 Å². The van der Waals surface area contributed by atoms with Gasteiger partial charge in [-0.2, -0.15) is 9.78 Å². The van der Waals surface area contributed by atoms with Crippen LogP contribution in [0.15, 0.2) is 29.2 Å². The minimum atomic E-state index is -0.803. The SMILES string of the molecule is CN1CCN(c2cnn(-c3cc(F)cc(F)c3)c(=O)c2OC[C@H]2C[C@@H]2CF)CC1. The Kier molecular flexibility index (Phi) is 5.49. The number of likely N-dealkylation sites (N-methyl/N-ethyl adjacent to an activating group) is 1. The second-order valence-corrected chi connectivity index (χ2v) is 7.72. The molecular weight excluding hydrogens is 385 g/mol. The van der Waals surface area contributed by atoms with Gasteiger partial charge in [-0.1, -0.05) is 0 Å². The van der Waals surface area contributed by atoms with Crippen molar-refractivity contribution in [1.82, 2.24) is 14.7 Å². The molecule has 0 unspecified atom stereocenters. The summed E-state index contributed by atoms with van der Waals surface area (Å²) in [6, 6.07) is 2.81. The molecule has 2 aromatic rings. The van der Waals surface area contributed by atoms with Gasteiger partial charge in [0.2, 0.25) is 5.75 Å². The quantitative estimate of drug-likeness (QED) is 0.734. The minimum absolute atomic E-state index is 0.0182. The Bertz CT molecular complexity index is 924. The highest BCUT2D eigenvalue weighted by Gasteiger charge is 2.38. The first kappa shape index (κ1) is 19.8. The number of hydrogen-bond donors (Lipinski definition) is 0. The molecule has 0 spiro atoms. The highest BCUT2D eigenvalue weighted by Crippen LogP contribution is 2.39. The van der Waals surface area contributed by atoms with Crippen LogP contribution in [0.1, 0.15) is 6.42 Å². The van der Waals surface area contributed by atoms with E-state index in [1.165, 1.54) is 6.20 Å². The molecule has 4 rings (SSSR count). The first-order valence-electron chi connectivity index (χ1n) is 9.67. The highest BCUT2D eigenvalue weighted by atomic mass is 19.1. The maximum Gasteiger partial charge on any atom is 0.316 e. The topological polar surface area (TPSA) is 50.6 Å². The molecule has 1 aromatic heterocycles. The summed E-state index contributed by atoms with van der Waals surface area (Å²) >= 11 is 0. The van der Waals surface area contributed by atoms with Gasteiger partial charge in [0.1, 0.15) is 17.3 Å². The third-order valence-electron chi connectivity index (χ3n) is 5.56. The zero-order valence-electron chi connectivity index (χ0n) is 16.2. The summed E-state index contributed by atoms with van der Waals surface area (Å²) in [6.45, 7) is 2.87. The molecule has 1 saturated heterocycles. The predicted molar refractivity (Wildman–Crippen MR) is 103 cm³/mol. The van der Waals surface area contributed by atoms with Crippen LogP contribution >= 0.6 is 0 Å². The van der Waals surface area contributed by atoms with Gasteiger partial charge in [-0.05, 0) is 37.4 Å². The molecule has 1 aliphatic carbocycles. The lowest BCUT2D eigenvalue weighted by atomic mass is 10.2. The van der Waals surface area contributed by atoms with E-state index in [2.05, 4.69) is 10.00 Å². The van der Waals surface area contributed by atoms with Gasteiger partial charge in [-0.3, -0.25) is 9.18 Å². The van der Waals surface area contributed by atoms with Gasteiger partial charge < -0.3 is 14.5 Å². The smallest absolute Gasteiger partial charge is 0.316 e. The number of anilines is 1. The van der Waals surface area contributed by atoms with Crippen LogP contribution in [0.25, 0.3) is 5.69 Å². The lowest BCUT2D eigenvalue weighted by molar-refractivity contribution is 0.275. The zero-order valence-corrected chi connectivity index (χ0v) is 16.2. The summed E-state index contributed by atoms with van der Waals surface area (Å²) in [5, 5.41) is 4.13. The van der Waals surface area contributed by atoms with Crippen molar-refractivity contribution in [3.05, 3.63) is 46.4 Å². The van der Waals surface area contributed by atoms with E-state index < -0.39 is 23.9 Å². The van der Waals surface area contributed by atoms with E-state index in [-0.39, 0.29) is 29.9 Å². The van der Waals surface area contributed by atoms with Crippen molar-refractivity contribution in [1.29, 1.82) is 0 Å². The van der Waals surface area contributed by atoms with Crippen molar-refractivity contribution in [3.8, 4) is 11.4 Å². The van der Waals surface area contributed by atoms with Crippen LogP contribution in [0.5, 0.6) is 5.75 Å². The number of ether oxygens (including phenoxy) is 1. The standard InChI is InChI=1S/C20H23F3N4O2/c1-25-2-4-26(5-3-25)18-11-24-27(17-8-15(22)7-16(23)9-17)20(28)19(18)29-12-14-6-13(14)10-21/h7-9,11,13-14H,2-6,10,12H2,1H3/t13-,14-/m1/s1. The van der Waals surface area contributed by atoms with Gasteiger partial charge in [0.15, 0.2) is 0 Å². The fourth-order valence-corrected chi connectivity index (χ4v) is 3.58. The van der Waals surface area contributed by atoms with Crippen LogP contribution in [0.2, 0.25) is 0 Å². The molecule has 6 nitrogen and oxygen atoms in total. The van der Waals surface area contributed by atoms with Crippen molar-refractivity contribution < 1.29 is 17.9 Å². The molecule has 1 aromatic carbocycles. The molecular formula is C20H23F3N4O2. The fourth-order valence-electron chi connectivity index (χ4n) is 3.58. The summed E-state index contributed by atoms with van der Waals surface area (Å²) in [4.78, 5) is 17.3. The van der Waals surface area contributed by atoms with Crippen molar-refractivity contribution in [2.75, 3.05) is 51.4 Å². The Morgan fingerprint density at radius 3 is 2.41 bits per heavy atom. The van der Waals surface area contributed by atoms with E-state index in [0.29, 0.717) is 18.8 Å². The maximum atomic E-state index is 13.6. The van der Waals surface area contributed by atoms with Crippen LogP contribution in [0, 0.1) is 23.5 Å². The van der Waals surface area contributed by atoms with Crippen molar-refractivity contribution in [2.24, 2.45) is 11.8 Å². The van der Waals surface area contributed by atoms with Crippen LogP contribution in [0.4, 0.5) is 18.9 Å². The van der Waals surface area contributed by atoms with Gasteiger partial charge in [0, 0.05) is 32.2 Å². The average molecular weight is 408 g/mol. The van der Waals surface area contributed by atoms with Gasteiger partial charge in [0.25, 0.3) is 0 Å². The Morgan fingerprint density at radius 1 is 1.10 bits per heavy atom. The Morgan fingerprint density at radius 2 is 1.79 bits per heavy atom. The van der Waals surface area contributed by atoms with E-state index in [1.54, 1.807) is 0 Å². The maximum absolute atomic E-state index is 13.6. The van der Waals surface area contributed by atoms with Crippen LogP contribution < -0.4 is 15.2 Å². The molecule has 156 valence electrons. The number of piperazine rings is 1. The average Bonchev–Trinajstić information content (AvgIpc) is 3.45. The lowest BCUT2D eigenvalue weighted by Gasteiger charge is -2.34. The van der Waals surface area contributed by atoms with Gasteiger partial charge in [-0.15, -0.1) is 0 Å². The normalized spacial score (nSPS) is 22.0. The van der Waals surface area contributed by atoms with E-state index in [1.807, 2.05) is 11.9 Å². The Hall–Kier alpha value is -2.55. The molecule has 0 N–H and O–H groups in total. The third-order valence-corrected chi connectivity index (χ3v) is 5.56. The number of halogens is 3. The van der Waals surface area contributed by atoms with E-state index in [9.17, 15) is 18.0 Å². The van der Waals surface area contributed by atoms with Crippen LogP contribution in [-0.2, 0) is 0 Å². The monoisotopic (exact) mass is 408 g/mol. The molecule has 2 atom stereocenters. The van der Waals surface area contributed by atoms with Crippen molar-refractivity contribution >= 4 is 5.69 Å². The molecule has 29 heavy (non-hydrogen) atoms. The zero-order chi connectivity index (χ0) is 20.5. The molecule has 0 amide bonds. The lowest BCUT2D eigenvalue weighted by Crippen LogP contribution is -2.45. The van der Waals surface area contributed by atoms with Gasteiger partial charge in [0.05, 0.1) is 25.2 Å². The number of aromatic nitrogens is 2. The first-order chi connectivity index (χ1) is 14.0. The Labute approximate surface area is 166 Å². The van der Waals surface area contributed by atoms with Gasteiger partial charge in [-0.25, -0.2) is 8.78 Å². The minimum Gasteiger partial charge on any atom is -0.486 e. The molecule has 2 heterocycles. The second kappa shape index (κ2) is 8.06. The largest absolute Gasteiger partial charge is 0.486 e. The summed E-state index contributed by atoms with van der Waals surface area (Å²) in [7, 11) is 2.02. The van der Waals surface area contributed by atoms with Crippen LogP contribution in [0.3, 0.4) is 0 Å². The molecule has 0 bridgehead atoms. The third kappa shape index (κ3) is 4.24. The summed E-state index contributed by atoms with van der Waals surface area (Å²) in [5.74, 6) is -1.47. The molecule has 9 heteroatoms. The summed E-state index contributed by atoms with van der Waals surface area (Å²) in [5.41, 5.74) is -0.0621. The van der Waals surface area contributed by atoms with E-state index in [0.717, 1.165) is 42.4 Å². The number of hydrogen-bond acceptors (Lipinski definition) is 5. The first-order valence-corrected chi connectivity index (χ1v) is 9.67. The number of alkyl halides is 1. The van der Waals surface area contributed by atoms with Crippen LogP contribution in [-0.4, -0.2) is 61.2 Å². The Balaban J connectivity index is 1.69. The molecule has 1 aliphatic heterocycles. The number of rotatable bonds is 6. The summed E-state index contributed by atoms with van der Waals surface area (Å²) in [6.07, 6.45) is 2.22. The van der Waals surface area contributed by atoms with Crippen molar-refractivity contribution in [3.63, 3.8) is 0 Å². The predicted octanol–water partition coefficient (Wildman–Crippen LogP) is 2.25. The molecule has 0 radical (unpaired) electrons. The molecule has 2 aliphatic rings. The highest BCUT2D eigenvalue weighted by molar-refractivity contribution is 5.57. The van der Waals surface area contributed by atoms with E-state index in [4.69, 9.17) is 4.74 Å². The molecule has 1 saturated carbocycles. The summed E-state index contributed by atoms with van der Waals surface area (Å²) < 4.78 is 46.8. The van der Waals surface area contributed by atoms with E-state index >= 15 is 0 Å². The second-order valence-electron chi connectivity index (χ2n) is 7.72.